The van der Waals surface area contributed by atoms with Gasteiger partial charge in [0.1, 0.15) is 0 Å². The molecule has 5 aromatic carbocycles. The van der Waals surface area contributed by atoms with Crippen LogP contribution in [-0.2, 0) is 0 Å². The van der Waals surface area contributed by atoms with Gasteiger partial charge in [0.25, 0.3) is 0 Å². The molecule has 0 bridgehead atoms. The second-order valence-corrected chi connectivity index (χ2v) is 15.1. The van der Waals surface area contributed by atoms with Crippen LogP contribution in [-0.4, -0.2) is 46.1 Å². The lowest BCUT2D eigenvalue weighted by atomic mass is 9.87. The Kier molecular flexibility index (Phi) is 7.42. The zero-order chi connectivity index (χ0) is 35.6. The van der Waals surface area contributed by atoms with Crippen LogP contribution in [0.5, 0.6) is 0 Å². The number of hydrogen-bond acceptors (Lipinski definition) is 6. The van der Waals surface area contributed by atoms with Crippen molar-refractivity contribution in [3.8, 4) is 22.5 Å². The molecule has 2 aliphatic heterocycles. The lowest BCUT2D eigenvalue weighted by Crippen LogP contribution is -2.29. The minimum absolute atomic E-state index is 0.934. The Balaban J connectivity index is 1.25. The molecule has 0 saturated carbocycles. The molecule has 6 heterocycles. The van der Waals surface area contributed by atoms with E-state index in [1.807, 2.05) is 24.5 Å². The lowest BCUT2D eigenvalue weighted by Gasteiger charge is -2.30. The van der Waals surface area contributed by atoms with Crippen LogP contribution < -0.4 is 9.80 Å². The van der Waals surface area contributed by atoms with Crippen molar-refractivity contribution < 1.29 is 0 Å². The van der Waals surface area contributed by atoms with E-state index in [0.717, 1.165) is 92.3 Å². The molecule has 0 aliphatic carbocycles. The topological polar surface area (TPSA) is 58.0 Å². The number of anilines is 2. The van der Waals surface area contributed by atoms with Gasteiger partial charge in [0.15, 0.2) is 0 Å². The molecule has 6 nitrogen and oxygen atoms in total. The Morgan fingerprint density at radius 1 is 0.370 bits per heavy atom. The van der Waals surface area contributed by atoms with Crippen LogP contribution in [0.3, 0.4) is 0 Å². The summed E-state index contributed by atoms with van der Waals surface area (Å²) in [7, 11) is 0. The highest BCUT2D eigenvalue weighted by atomic mass is 15.1. The van der Waals surface area contributed by atoms with Crippen molar-refractivity contribution in [2.24, 2.45) is 0 Å². The number of fused-ring (bicyclic) bond motifs is 8. The maximum absolute atomic E-state index is 5.50. The highest BCUT2D eigenvalue weighted by Gasteiger charge is 2.23. The molecule has 2 saturated heterocycles. The maximum atomic E-state index is 5.50. The van der Waals surface area contributed by atoms with E-state index >= 15 is 0 Å². The molecule has 11 rings (SSSR count). The van der Waals surface area contributed by atoms with E-state index in [2.05, 4.69) is 107 Å². The first-order chi connectivity index (χ1) is 26.8. The van der Waals surface area contributed by atoms with Crippen molar-refractivity contribution in [2.75, 3.05) is 36.0 Å². The van der Waals surface area contributed by atoms with E-state index in [-0.39, 0.29) is 0 Å². The van der Waals surface area contributed by atoms with Crippen LogP contribution in [0, 0.1) is 0 Å². The summed E-state index contributed by atoms with van der Waals surface area (Å²) >= 11 is 0. The van der Waals surface area contributed by atoms with Gasteiger partial charge >= 0.3 is 0 Å². The molecule has 9 aromatic rings. The third-order valence-electron chi connectivity index (χ3n) is 11.9. The van der Waals surface area contributed by atoms with Crippen LogP contribution in [0.15, 0.2) is 122 Å². The Labute approximate surface area is 314 Å². The summed E-state index contributed by atoms with van der Waals surface area (Å²) in [4.78, 5) is 25.8. The molecule has 54 heavy (non-hydrogen) atoms. The van der Waals surface area contributed by atoms with Crippen molar-refractivity contribution >= 4 is 76.5 Å². The average molecular weight is 701 g/mol. The van der Waals surface area contributed by atoms with Gasteiger partial charge in [-0.2, -0.15) is 0 Å². The first-order valence-corrected chi connectivity index (χ1v) is 19.6. The molecule has 262 valence electrons. The summed E-state index contributed by atoms with van der Waals surface area (Å²) in [6.07, 6.45) is 11.2. The molecular formula is C48H40N6. The molecular weight excluding hydrogens is 661 g/mol. The first kappa shape index (κ1) is 31.4. The second-order valence-electron chi connectivity index (χ2n) is 15.1. The zero-order valence-electron chi connectivity index (χ0n) is 30.3. The van der Waals surface area contributed by atoms with E-state index in [1.54, 1.807) is 0 Å². The zero-order valence-corrected chi connectivity index (χ0v) is 30.3. The van der Waals surface area contributed by atoms with Gasteiger partial charge in [-0.15, -0.1) is 0 Å². The molecule has 0 amide bonds. The Hall–Kier alpha value is -6.14. The number of nitrogens with zero attached hydrogens (tertiary/aromatic N) is 6. The van der Waals surface area contributed by atoms with Gasteiger partial charge in [-0.3, -0.25) is 9.97 Å². The van der Waals surface area contributed by atoms with E-state index in [4.69, 9.17) is 19.9 Å². The minimum Gasteiger partial charge on any atom is -0.372 e. The van der Waals surface area contributed by atoms with Gasteiger partial charge in [-0.05, 0) is 109 Å². The quantitative estimate of drug-likeness (QED) is 0.135. The van der Waals surface area contributed by atoms with Crippen LogP contribution in [0.25, 0.3) is 87.7 Å². The number of piperidine rings is 2. The van der Waals surface area contributed by atoms with Crippen LogP contribution in [0.1, 0.15) is 38.5 Å². The summed E-state index contributed by atoms with van der Waals surface area (Å²) in [6.45, 7) is 4.33. The number of pyridine rings is 4. The maximum Gasteiger partial charge on any atom is 0.0972 e. The molecule has 0 N–H and O–H groups in total. The number of aromatic nitrogens is 4. The van der Waals surface area contributed by atoms with Gasteiger partial charge in [0.2, 0.25) is 0 Å². The van der Waals surface area contributed by atoms with Crippen LogP contribution in [0.2, 0.25) is 0 Å². The van der Waals surface area contributed by atoms with Gasteiger partial charge in [0, 0.05) is 82.6 Å². The van der Waals surface area contributed by atoms with E-state index in [0.29, 0.717) is 0 Å². The summed E-state index contributed by atoms with van der Waals surface area (Å²) in [5.41, 5.74) is 10.5. The minimum atomic E-state index is 0.934. The van der Waals surface area contributed by atoms with Gasteiger partial charge in [-0.1, -0.05) is 60.7 Å². The van der Waals surface area contributed by atoms with Gasteiger partial charge < -0.3 is 9.80 Å². The fourth-order valence-corrected chi connectivity index (χ4v) is 9.18. The third-order valence-corrected chi connectivity index (χ3v) is 11.9. The third kappa shape index (κ3) is 5.15. The fraction of sp³-hybridized carbons (Fsp3) is 0.208. The van der Waals surface area contributed by atoms with Crippen LogP contribution >= 0.6 is 0 Å². The summed E-state index contributed by atoms with van der Waals surface area (Å²) in [5.74, 6) is 0. The smallest absolute Gasteiger partial charge is 0.0972 e. The Bertz CT molecular complexity index is 2720. The van der Waals surface area contributed by atoms with Crippen molar-refractivity contribution in [1.82, 2.24) is 19.9 Å². The predicted octanol–water partition coefficient (Wildman–Crippen LogP) is 11.5. The predicted molar refractivity (Wildman–Crippen MR) is 226 cm³/mol. The standard InChI is InChI=1S/C48H40N6/c1-3-25-53(26-4-1)35-17-19-37-39(29-35)43(41-21-15-33-13-11-31-9-7-23-49-45(31)47(33)51-41)38-20-18-36(54-27-5-2-6-28-54)30-40(38)44(37)42-22-16-34-14-12-32-10-8-24-50-46(32)48(34)52-42/h7-24,29-30H,1-6,25-28H2. The lowest BCUT2D eigenvalue weighted by molar-refractivity contribution is 0.578. The number of benzene rings is 5. The monoisotopic (exact) mass is 700 g/mol. The summed E-state index contributed by atoms with van der Waals surface area (Å²) in [6, 6.07) is 40.0. The second kappa shape index (κ2) is 12.8. The number of rotatable bonds is 4. The van der Waals surface area contributed by atoms with Crippen molar-refractivity contribution in [3.63, 3.8) is 0 Å². The molecule has 6 heteroatoms. The highest BCUT2D eigenvalue weighted by molar-refractivity contribution is 6.22. The fourth-order valence-electron chi connectivity index (χ4n) is 9.18. The number of hydrogen-bond donors (Lipinski definition) is 0. The van der Waals surface area contributed by atoms with Crippen LogP contribution in [0.4, 0.5) is 11.4 Å². The SMILES string of the molecule is c1cnc2c(c1)ccc1ccc(-c3c4ccc(N5CCCCC5)cc4c(-c4ccc5ccc6cccnc6c5n4)c4ccc(N5CCCCC5)cc34)nc12. The van der Waals surface area contributed by atoms with Crippen molar-refractivity contribution in [2.45, 2.75) is 38.5 Å². The molecule has 4 aromatic heterocycles. The molecule has 0 atom stereocenters. The highest BCUT2D eigenvalue weighted by Crippen LogP contribution is 2.46. The Morgan fingerprint density at radius 3 is 1.22 bits per heavy atom. The van der Waals surface area contributed by atoms with Gasteiger partial charge in [-0.25, -0.2) is 9.97 Å². The Morgan fingerprint density at radius 2 is 0.778 bits per heavy atom. The van der Waals surface area contributed by atoms with Crippen molar-refractivity contribution in [3.05, 3.63) is 122 Å². The largest absolute Gasteiger partial charge is 0.372 e. The summed E-state index contributed by atoms with van der Waals surface area (Å²) in [5, 5.41) is 9.16. The summed E-state index contributed by atoms with van der Waals surface area (Å²) < 4.78 is 0. The van der Waals surface area contributed by atoms with E-state index < -0.39 is 0 Å². The van der Waals surface area contributed by atoms with Gasteiger partial charge in [0.05, 0.1) is 33.5 Å². The molecule has 2 aliphatic rings. The van der Waals surface area contributed by atoms with E-state index in [9.17, 15) is 0 Å². The molecule has 0 spiro atoms. The van der Waals surface area contributed by atoms with E-state index in [1.165, 1.54) is 71.4 Å². The normalized spacial score (nSPS) is 15.3. The average Bonchev–Trinajstić information content (AvgIpc) is 3.25. The first-order valence-electron chi connectivity index (χ1n) is 19.6. The molecule has 0 radical (unpaired) electrons. The molecule has 0 unspecified atom stereocenters. The molecule has 2 fully saturated rings. The van der Waals surface area contributed by atoms with Crippen molar-refractivity contribution in [1.29, 1.82) is 0 Å².